The maximum Gasteiger partial charge on any atom is 0.137 e. The van der Waals surface area contributed by atoms with Crippen LogP contribution in [0.4, 0.5) is 5.82 Å². The molecule has 0 atom stereocenters. The van der Waals surface area contributed by atoms with E-state index in [1.54, 1.807) is 4.68 Å². The molecule has 0 fully saturated rings. The third kappa shape index (κ3) is 3.19. The summed E-state index contributed by atoms with van der Waals surface area (Å²) in [5.74, 6) is 0.875. The fourth-order valence-corrected chi connectivity index (χ4v) is 3.02. The molecule has 4 aromatic rings. The topological polar surface area (TPSA) is 67.4 Å². The lowest BCUT2D eigenvalue weighted by Gasteiger charge is -2.08. The number of benzene rings is 1. The predicted molar refractivity (Wildman–Crippen MR) is 102 cm³/mol. The van der Waals surface area contributed by atoms with Gasteiger partial charge in [-0.05, 0) is 24.6 Å². The summed E-state index contributed by atoms with van der Waals surface area (Å²) in [5.41, 5.74) is 5.14. The van der Waals surface area contributed by atoms with Crippen molar-refractivity contribution in [3.63, 3.8) is 0 Å². The lowest BCUT2D eigenvalue weighted by Crippen LogP contribution is -2.11. The van der Waals surface area contributed by atoms with Crippen LogP contribution < -0.4 is 5.32 Å². The van der Waals surface area contributed by atoms with Gasteiger partial charge in [0.15, 0.2) is 0 Å². The average Bonchev–Trinajstić information content (AvgIpc) is 3.25. The van der Waals surface area contributed by atoms with Gasteiger partial charge in [0, 0.05) is 17.8 Å². The first-order chi connectivity index (χ1) is 12.7. The predicted octanol–water partition coefficient (Wildman–Crippen LogP) is 3.11. The van der Waals surface area contributed by atoms with Crippen molar-refractivity contribution in [2.24, 2.45) is 0 Å². The summed E-state index contributed by atoms with van der Waals surface area (Å²) < 4.78 is 3.88. The molecule has 6 heteroatoms. The SMILES string of the molecule is Cc1ccn2c(CNc3cc(-c4ccccc4)nn3CCO)cnc2c1. The number of nitrogens with zero attached hydrogens (tertiary/aromatic N) is 4. The molecule has 1 aromatic carbocycles. The zero-order chi connectivity index (χ0) is 17.9. The molecule has 0 saturated heterocycles. The van der Waals surface area contributed by atoms with Gasteiger partial charge in [-0.25, -0.2) is 9.67 Å². The van der Waals surface area contributed by atoms with E-state index in [1.165, 1.54) is 5.56 Å². The number of aliphatic hydroxyl groups excluding tert-OH is 1. The monoisotopic (exact) mass is 347 g/mol. The second kappa shape index (κ2) is 7.01. The van der Waals surface area contributed by atoms with Crippen molar-refractivity contribution < 1.29 is 5.11 Å². The number of hydrogen-bond donors (Lipinski definition) is 2. The average molecular weight is 347 g/mol. The summed E-state index contributed by atoms with van der Waals surface area (Å²) in [6.45, 7) is 3.17. The molecule has 4 rings (SSSR count). The summed E-state index contributed by atoms with van der Waals surface area (Å²) in [6.07, 6.45) is 3.92. The Balaban J connectivity index is 1.59. The Bertz CT molecular complexity index is 1020. The quantitative estimate of drug-likeness (QED) is 0.562. The summed E-state index contributed by atoms with van der Waals surface area (Å²) >= 11 is 0. The minimum absolute atomic E-state index is 0.0412. The summed E-state index contributed by atoms with van der Waals surface area (Å²) in [7, 11) is 0. The molecule has 0 amide bonds. The number of rotatable bonds is 6. The van der Waals surface area contributed by atoms with Crippen molar-refractivity contribution in [1.82, 2.24) is 19.2 Å². The van der Waals surface area contributed by atoms with Crippen molar-refractivity contribution in [3.05, 3.63) is 72.2 Å². The van der Waals surface area contributed by atoms with Crippen molar-refractivity contribution in [3.8, 4) is 11.3 Å². The van der Waals surface area contributed by atoms with E-state index in [9.17, 15) is 5.11 Å². The van der Waals surface area contributed by atoms with Crippen LogP contribution in [0.1, 0.15) is 11.3 Å². The molecule has 0 saturated carbocycles. The highest BCUT2D eigenvalue weighted by atomic mass is 16.3. The molecule has 0 aliphatic carbocycles. The van der Waals surface area contributed by atoms with Crippen LogP contribution in [0.2, 0.25) is 0 Å². The van der Waals surface area contributed by atoms with Crippen LogP contribution in [0, 0.1) is 6.92 Å². The highest BCUT2D eigenvalue weighted by Crippen LogP contribution is 2.22. The minimum atomic E-state index is 0.0412. The third-order valence-corrected chi connectivity index (χ3v) is 4.36. The fourth-order valence-electron chi connectivity index (χ4n) is 3.02. The van der Waals surface area contributed by atoms with Gasteiger partial charge in [-0.15, -0.1) is 0 Å². The number of aliphatic hydroxyl groups is 1. The van der Waals surface area contributed by atoms with E-state index in [1.807, 2.05) is 48.8 Å². The van der Waals surface area contributed by atoms with E-state index in [0.717, 1.165) is 28.4 Å². The smallest absolute Gasteiger partial charge is 0.137 e. The van der Waals surface area contributed by atoms with E-state index in [2.05, 4.69) is 38.9 Å². The van der Waals surface area contributed by atoms with Gasteiger partial charge in [0.1, 0.15) is 11.5 Å². The van der Waals surface area contributed by atoms with Crippen LogP contribution in [-0.2, 0) is 13.1 Å². The van der Waals surface area contributed by atoms with Crippen molar-refractivity contribution in [2.45, 2.75) is 20.0 Å². The molecule has 0 aliphatic heterocycles. The second-order valence-corrected chi connectivity index (χ2v) is 6.26. The van der Waals surface area contributed by atoms with Crippen molar-refractivity contribution >= 4 is 11.5 Å². The lowest BCUT2D eigenvalue weighted by molar-refractivity contribution is 0.270. The number of aromatic nitrogens is 4. The Morgan fingerprint density at radius 3 is 2.77 bits per heavy atom. The van der Waals surface area contributed by atoms with Crippen LogP contribution in [0.3, 0.4) is 0 Å². The maximum absolute atomic E-state index is 9.34. The molecule has 0 bridgehead atoms. The molecule has 0 radical (unpaired) electrons. The van der Waals surface area contributed by atoms with Gasteiger partial charge in [0.05, 0.1) is 37.3 Å². The van der Waals surface area contributed by atoms with Gasteiger partial charge in [-0.3, -0.25) is 0 Å². The number of hydrogen-bond acceptors (Lipinski definition) is 4. The number of fused-ring (bicyclic) bond motifs is 1. The molecule has 132 valence electrons. The zero-order valence-electron chi connectivity index (χ0n) is 14.6. The lowest BCUT2D eigenvalue weighted by atomic mass is 10.2. The van der Waals surface area contributed by atoms with E-state index >= 15 is 0 Å². The first-order valence-corrected chi connectivity index (χ1v) is 8.65. The van der Waals surface area contributed by atoms with Gasteiger partial charge in [0.25, 0.3) is 0 Å². The Morgan fingerprint density at radius 1 is 1.12 bits per heavy atom. The normalized spacial score (nSPS) is 11.2. The number of aryl methyl sites for hydroxylation is 1. The van der Waals surface area contributed by atoms with E-state index in [4.69, 9.17) is 0 Å². The Labute approximate surface area is 151 Å². The molecule has 0 unspecified atom stereocenters. The number of nitrogens with one attached hydrogen (secondary N) is 1. The van der Waals surface area contributed by atoms with Gasteiger partial charge in [-0.1, -0.05) is 30.3 Å². The molecule has 0 spiro atoms. The summed E-state index contributed by atoms with van der Waals surface area (Å²) in [6, 6.07) is 16.2. The van der Waals surface area contributed by atoms with E-state index in [-0.39, 0.29) is 6.61 Å². The Kier molecular flexibility index (Phi) is 4.41. The van der Waals surface area contributed by atoms with Crippen LogP contribution in [0.25, 0.3) is 16.9 Å². The van der Waals surface area contributed by atoms with Crippen LogP contribution in [-0.4, -0.2) is 30.9 Å². The van der Waals surface area contributed by atoms with Crippen molar-refractivity contribution in [2.75, 3.05) is 11.9 Å². The largest absolute Gasteiger partial charge is 0.394 e. The number of pyridine rings is 1. The number of anilines is 1. The third-order valence-electron chi connectivity index (χ3n) is 4.36. The Hall–Kier alpha value is -3.12. The molecule has 6 nitrogen and oxygen atoms in total. The molecule has 3 aromatic heterocycles. The van der Waals surface area contributed by atoms with Crippen LogP contribution in [0.5, 0.6) is 0 Å². The molecule has 0 aliphatic rings. The summed E-state index contributed by atoms with van der Waals surface area (Å²) in [5, 5.41) is 17.4. The zero-order valence-corrected chi connectivity index (χ0v) is 14.6. The van der Waals surface area contributed by atoms with Gasteiger partial charge >= 0.3 is 0 Å². The van der Waals surface area contributed by atoms with Gasteiger partial charge in [-0.2, -0.15) is 5.10 Å². The second-order valence-electron chi connectivity index (χ2n) is 6.26. The standard InChI is InChI=1S/C20H21N5O/c1-15-7-8-24-17(13-21-19(24)11-15)14-22-20-12-18(23-25(20)9-10-26)16-5-3-2-4-6-16/h2-8,11-13,22,26H,9-10,14H2,1H3. The fraction of sp³-hybridized carbons (Fsp3) is 0.200. The number of imidazole rings is 1. The molecular weight excluding hydrogens is 326 g/mol. The van der Waals surface area contributed by atoms with Crippen LogP contribution in [0.15, 0.2) is 60.9 Å². The van der Waals surface area contributed by atoms with E-state index in [0.29, 0.717) is 13.1 Å². The highest BCUT2D eigenvalue weighted by molar-refractivity contribution is 5.63. The molecule has 2 N–H and O–H groups in total. The van der Waals surface area contributed by atoms with Crippen LogP contribution >= 0.6 is 0 Å². The van der Waals surface area contributed by atoms with Crippen molar-refractivity contribution in [1.29, 1.82) is 0 Å². The summed E-state index contributed by atoms with van der Waals surface area (Å²) in [4.78, 5) is 4.46. The van der Waals surface area contributed by atoms with Gasteiger partial charge in [0.2, 0.25) is 0 Å². The van der Waals surface area contributed by atoms with E-state index < -0.39 is 0 Å². The Morgan fingerprint density at radius 2 is 1.96 bits per heavy atom. The molecule has 3 heterocycles. The highest BCUT2D eigenvalue weighted by Gasteiger charge is 2.10. The first-order valence-electron chi connectivity index (χ1n) is 8.65. The molecular formula is C20H21N5O. The minimum Gasteiger partial charge on any atom is -0.394 e. The van der Waals surface area contributed by atoms with Gasteiger partial charge < -0.3 is 14.8 Å². The maximum atomic E-state index is 9.34. The molecule has 26 heavy (non-hydrogen) atoms. The first kappa shape index (κ1) is 16.4.